The minimum absolute atomic E-state index is 0.0868. The van der Waals surface area contributed by atoms with Crippen molar-refractivity contribution >= 4 is 17.9 Å². The third-order valence-corrected chi connectivity index (χ3v) is 14.1. The van der Waals surface area contributed by atoms with Gasteiger partial charge in [-0.1, -0.05) is 273 Å². The molecule has 0 radical (unpaired) electrons. The topological polar surface area (TPSA) is 78.9 Å². The lowest BCUT2D eigenvalue weighted by Crippen LogP contribution is -2.30. The summed E-state index contributed by atoms with van der Waals surface area (Å²) >= 11 is 0. The van der Waals surface area contributed by atoms with E-state index in [1.807, 2.05) is 0 Å². The van der Waals surface area contributed by atoms with E-state index >= 15 is 0 Å². The van der Waals surface area contributed by atoms with Crippen LogP contribution >= 0.6 is 0 Å². The first kappa shape index (κ1) is 72.6. The Hall–Kier alpha value is -3.41. The Labute approximate surface area is 471 Å². The molecule has 438 valence electrons. The van der Waals surface area contributed by atoms with Gasteiger partial charge in [-0.15, -0.1) is 0 Å². The molecule has 0 saturated heterocycles. The minimum Gasteiger partial charge on any atom is -0.462 e. The van der Waals surface area contributed by atoms with Gasteiger partial charge in [-0.25, -0.2) is 0 Å². The lowest BCUT2D eigenvalue weighted by Gasteiger charge is -2.18. The quantitative estimate of drug-likeness (QED) is 0.0261. The summed E-state index contributed by atoms with van der Waals surface area (Å²) < 4.78 is 16.9. The average molecular weight is 1060 g/mol. The zero-order chi connectivity index (χ0) is 55.0. The van der Waals surface area contributed by atoms with Crippen LogP contribution in [-0.2, 0) is 28.6 Å². The smallest absolute Gasteiger partial charge is 0.306 e. The van der Waals surface area contributed by atoms with Crippen LogP contribution in [0.3, 0.4) is 0 Å². The first-order valence-electron chi connectivity index (χ1n) is 32.6. The van der Waals surface area contributed by atoms with E-state index in [-0.39, 0.29) is 31.1 Å². The van der Waals surface area contributed by atoms with Gasteiger partial charge >= 0.3 is 17.9 Å². The van der Waals surface area contributed by atoms with E-state index < -0.39 is 6.10 Å². The van der Waals surface area contributed by atoms with Gasteiger partial charge in [-0.05, 0) is 116 Å². The lowest BCUT2D eigenvalue weighted by atomic mass is 10.1. The molecule has 0 fully saturated rings. The Morgan fingerprint density at radius 1 is 0.276 bits per heavy atom. The van der Waals surface area contributed by atoms with Crippen LogP contribution in [-0.4, -0.2) is 37.2 Å². The van der Waals surface area contributed by atoms with Crippen LogP contribution in [0.4, 0.5) is 0 Å². The number of allylic oxidation sites excluding steroid dienone is 14. The fourth-order valence-electron chi connectivity index (χ4n) is 9.23. The summed E-state index contributed by atoms with van der Waals surface area (Å²) in [4.78, 5) is 38.4. The zero-order valence-corrected chi connectivity index (χ0v) is 50.3. The van der Waals surface area contributed by atoms with Crippen LogP contribution < -0.4 is 0 Å². The molecule has 0 aromatic rings. The highest BCUT2D eigenvalue weighted by atomic mass is 16.6. The fourth-order valence-corrected chi connectivity index (χ4v) is 9.23. The Morgan fingerprint density at radius 2 is 0.513 bits per heavy atom. The van der Waals surface area contributed by atoms with E-state index in [4.69, 9.17) is 14.2 Å². The van der Waals surface area contributed by atoms with Crippen molar-refractivity contribution < 1.29 is 28.6 Å². The van der Waals surface area contributed by atoms with Gasteiger partial charge in [0.1, 0.15) is 13.2 Å². The molecule has 0 rings (SSSR count). The molecule has 1 atom stereocenters. The average Bonchev–Trinajstić information content (AvgIpc) is 3.42. The lowest BCUT2D eigenvalue weighted by molar-refractivity contribution is -0.167. The van der Waals surface area contributed by atoms with E-state index in [1.54, 1.807) is 0 Å². The number of unbranched alkanes of at least 4 members (excludes halogenated alkanes) is 34. The summed E-state index contributed by atoms with van der Waals surface area (Å²) in [6.07, 6.45) is 84.4. The minimum atomic E-state index is -0.791. The number of carbonyl (C=O) groups excluding carboxylic acids is 3. The molecule has 0 saturated carbocycles. The van der Waals surface area contributed by atoms with E-state index in [0.29, 0.717) is 19.3 Å². The molecule has 0 aromatic carbocycles. The standard InChI is InChI=1S/C70H122O6/c1-4-7-10-13-16-19-22-25-28-31-33-35-37-39-42-45-48-51-54-57-60-63-69(72)75-66-67(65-74-68(71)62-59-56-53-50-47-44-41-30-27-24-21-18-15-12-9-6-3)76-70(73)64-61-58-55-52-49-46-43-40-38-36-34-32-29-26-23-20-17-14-11-8-5-2/h7,10,16,19,25,28,30,32-35,39,41-42,67H,4-6,8-9,11-15,17-18,20-24,26-27,29,31,36-38,40,43-66H2,1-3H3/b10-7-,19-16-,28-25-,34-32-,35-33-,41-30-,42-39-. The Balaban J connectivity index is 4.41. The van der Waals surface area contributed by atoms with Crippen molar-refractivity contribution in [1.29, 1.82) is 0 Å². The molecule has 0 aliphatic heterocycles. The molecule has 0 spiro atoms. The highest BCUT2D eigenvalue weighted by molar-refractivity contribution is 5.71. The Morgan fingerprint density at radius 3 is 0.816 bits per heavy atom. The number of rotatable bonds is 59. The number of hydrogen-bond acceptors (Lipinski definition) is 6. The van der Waals surface area contributed by atoms with Gasteiger partial charge in [-0.2, -0.15) is 0 Å². The Bertz CT molecular complexity index is 1450. The molecule has 0 N–H and O–H groups in total. The van der Waals surface area contributed by atoms with Crippen LogP contribution in [0.25, 0.3) is 0 Å². The predicted molar refractivity (Wildman–Crippen MR) is 330 cm³/mol. The van der Waals surface area contributed by atoms with Gasteiger partial charge in [0, 0.05) is 19.3 Å². The van der Waals surface area contributed by atoms with Crippen molar-refractivity contribution in [2.24, 2.45) is 0 Å². The molecule has 0 heterocycles. The highest BCUT2D eigenvalue weighted by Gasteiger charge is 2.19. The van der Waals surface area contributed by atoms with Crippen LogP contribution in [0.1, 0.15) is 323 Å². The van der Waals surface area contributed by atoms with Gasteiger partial charge in [0.15, 0.2) is 6.10 Å². The molecule has 6 nitrogen and oxygen atoms in total. The molecule has 76 heavy (non-hydrogen) atoms. The van der Waals surface area contributed by atoms with Gasteiger partial charge in [-0.3, -0.25) is 14.4 Å². The summed E-state index contributed by atoms with van der Waals surface area (Å²) in [5.41, 5.74) is 0. The summed E-state index contributed by atoms with van der Waals surface area (Å²) in [6.45, 7) is 6.53. The maximum atomic E-state index is 12.9. The number of ether oxygens (including phenoxy) is 3. The molecule has 1 unspecified atom stereocenters. The third-order valence-electron chi connectivity index (χ3n) is 14.1. The maximum absolute atomic E-state index is 12.9. The normalized spacial score (nSPS) is 12.6. The third kappa shape index (κ3) is 61.4. The van der Waals surface area contributed by atoms with Crippen molar-refractivity contribution in [3.63, 3.8) is 0 Å². The van der Waals surface area contributed by atoms with E-state index in [2.05, 4.69) is 106 Å². The van der Waals surface area contributed by atoms with Crippen molar-refractivity contribution in [3.05, 3.63) is 85.1 Å². The van der Waals surface area contributed by atoms with Crippen LogP contribution in [0, 0.1) is 0 Å². The molecule has 6 heteroatoms. The SMILES string of the molecule is CC/C=C\C/C=C\C/C=C\C/C=C\C/C=C\CCCCCCCC(=O)OCC(COC(=O)CCCCCCC/C=C\CCCCCCCCC)OC(=O)CCCCCCCCCCC/C=C\CCCCCCCCCC. The second kappa shape index (κ2) is 64.1. The molecule has 0 aliphatic rings. The predicted octanol–water partition coefficient (Wildman–Crippen LogP) is 22.3. The van der Waals surface area contributed by atoms with Crippen LogP contribution in [0.15, 0.2) is 85.1 Å². The van der Waals surface area contributed by atoms with Crippen molar-refractivity contribution in [2.75, 3.05) is 13.2 Å². The van der Waals surface area contributed by atoms with E-state index in [0.717, 1.165) is 116 Å². The molecule has 0 aromatic heterocycles. The number of carbonyl (C=O) groups is 3. The second-order valence-corrected chi connectivity index (χ2v) is 21.6. The highest BCUT2D eigenvalue weighted by Crippen LogP contribution is 2.16. The van der Waals surface area contributed by atoms with Crippen LogP contribution in [0.5, 0.6) is 0 Å². The largest absolute Gasteiger partial charge is 0.462 e. The summed E-state index contributed by atoms with van der Waals surface area (Å²) in [7, 11) is 0. The fraction of sp³-hybridized carbons (Fsp3) is 0.757. The number of hydrogen-bond donors (Lipinski definition) is 0. The van der Waals surface area contributed by atoms with Gasteiger partial charge < -0.3 is 14.2 Å². The second-order valence-electron chi connectivity index (χ2n) is 21.6. The van der Waals surface area contributed by atoms with E-state index in [9.17, 15) is 14.4 Å². The zero-order valence-electron chi connectivity index (χ0n) is 50.3. The van der Waals surface area contributed by atoms with Crippen molar-refractivity contribution in [2.45, 2.75) is 329 Å². The van der Waals surface area contributed by atoms with Crippen LogP contribution in [0.2, 0.25) is 0 Å². The van der Waals surface area contributed by atoms with Gasteiger partial charge in [0.25, 0.3) is 0 Å². The van der Waals surface area contributed by atoms with Gasteiger partial charge in [0.05, 0.1) is 0 Å². The Kier molecular flexibility index (Phi) is 61.2. The van der Waals surface area contributed by atoms with Crippen molar-refractivity contribution in [3.8, 4) is 0 Å². The van der Waals surface area contributed by atoms with Crippen molar-refractivity contribution in [1.82, 2.24) is 0 Å². The molecular formula is C70H122O6. The van der Waals surface area contributed by atoms with E-state index in [1.165, 1.54) is 167 Å². The maximum Gasteiger partial charge on any atom is 0.306 e. The molecule has 0 bridgehead atoms. The summed E-state index contributed by atoms with van der Waals surface area (Å²) in [6, 6.07) is 0. The monoisotopic (exact) mass is 1060 g/mol. The molecule has 0 amide bonds. The van der Waals surface area contributed by atoms with Gasteiger partial charge in [0.2, 0.25) is 0 Å². The number of esters is 3. The summed E-state index contributed by atoms with van der Waals surface area (Å²) in [5.74, 6) is -0.902. The summed E-state index contributed by atoms with van der Waals surface area (Å²) in [5, 5.41) is 0. The molecule has 0 aliphatic carbocycles. The first-order chi connectivity index (χ1) is 37.5. The molecular weight excluding hydrogens is 937 g/mol. The first-order valence-corrected chi connectivity index (χ1v) is 32.6.